The monoisotopic (exact) mass is 295 g/mol. The summed E-state index contributed by atoms with van der Waals surface area (Å²) in [6, 6.07) is 4.08. The molecular weight excluding hydrogens is 286 g/mol. The molecule has 0 atom stereocenters. The molecule has 88 valence electrons. The van der Waals surface area contributed by atoms with Crippen LogP contribution in [0.4, 0.5) is 5.95 Å². The Bertz CT molecular complexity index is 568. The van der Waals surface area contributed by atoms with Crippen molar-refractivity contribution < 1.29 is 4.74 Å². The van der Waals surface area contributed by atoms with E-state index < -0.39 is 0 Å². The summed E-state index contributed by atoms with van der Waals surface area (Å²) in [4.78, 5) is 0. The van der Waals surface area contributed by atoms with Gasteiger partial charge in [-0.2, -0.15) is 0 Å². The number of nitrogens with two attached hydrogens (primary N) is 1. The summed E-state index contributed by atoms with van der Waals surface area (Å²) < 4.78 is 8.21. The molecule has 2 aromatic rings. The third-order valence-corrected chi connectivity index (χ3v) is 3.16. The lowest BCUT2D eigenvalue weighted by Crippen LogP contribution is -2.07. The van der Waals surface area contributed by atoms with Crippen LogP contribution in [0.15, 0.2) is 16.6 Å². The van der Waals surface area contributed by atoms with Crippen molar-refractivity contribution in [1.29, 1.82) is 0 Å². The lowest BCUT2D eigenvalue weighted by molar-refractivity contribution is 0.352. The first-order chi connectivity index (χ1) is 8.24. The van der Waals surface area contributed by atoms with Crippen LogP contribution in [0, 0.1) is 0 Å². The lowest BCUT2D eigenvalue weighted by Gasteiger charge is -2.09. The third kappa shape index (κ3) is 1.86. The van der Waals surface area contributed by atoms with Crippen LogP contribution in [-0.2, 0) is 13.0 Å². The highest BCUT2D eigenvalue weighted by Gasteiger charge is 2.18. The van der Waals surface area contributed by atoms with E-state index in [1.165, 1.54) is 5.56 Å². The summed E-state index contributed by atoms with van der Waals surface area (Å²) in [6.07, 6.45) is 0.937. The predicted molar refractivity (Wildman–Crippen MR) is 64.7 cm³/mol. The molecule has 0 aliphatic carbocycles. The van der Waals surface area contributed by atoms with Crippen molar-refractivity contribution >= 4 is 21.9 Å². The van der Waals surface area contributed by atoms with E-state index in [0.29, 0.717) is 12.5 Å². The largest absolute Gasteiger partial charge is 0.493 e. The zero-order valence-electron chi connectivity index (χ0n) is 8.93. The van der Waals surface area contributed by atoms with Crippen LogP contribution in [0.25, 0.3) is 0 Å². The molecular formula is C10H10BrN5O. The van der Waals surface area contributed by atoms with E-state index in [9.17, 15) is 0 Å². The molecule has 1 aliphatic rings. The molecule has 2 N–H and O–H groups in total. The van der Waals surface area contributed by atoms with Crippen molar-refractivity contribution in [1.82, 2.24) is 20.2 Å². The van der Waals surface area contributed by atoms with Crippen LogP contribution < -0.4 is 10.5 Å². The van der Waals surface area contributed by atoms with Gasteiger partial charge in [-0.1, -0.05) is 21.0 Å². The normalized spacial score (nSPS) is 13.5. The number of hydrogen-bond donors (Lipinski definition) is 1. The van der Waals surface area contributed by atoms with Gasteiger partial charge in [0.2, 0.25) is 5.95 Å². The molecule has 1 aliphatic heterocycles. The Hall–Kier alpha value is -1.63. The maximum absolute atomic E-state index is 5.65. The van der Waals surface area contributed by atoms with Crippen molar-refractivity contribution in [2.45, 2.75) is 13.0 Å². The summed E-state index contributed by atoms with van der Waals surface area (Å²) in [7, 11) is 0. The lowest BCUT2D eigenvalue weighted by atomic mass is 10.1. The molecule has 1 aromatic heterocycles. The average molecular weight is 296 g/mol. The molecule has 6 nitrogen and oxygen atoms in total. The minimum Gasteiger partial charge on any atom is -0.493 e. The molecule has 7 heteroatoms. The Kier molecular flexibility index (Phi) is 2.47. The van der Waals surface area contributed by atoms with Gasteiger partial charge in [0.1, 0.15) is 5.75 Å². The zero-order valence-corrected chi connectivity index (χ0v) is 10.5. The van der Waals surface area contributed by atoms with E-state index in [4.69, 9.17) is 10.5 Å². The standard InChI is InChI=1S/C10H10BrN5O/c11-8-3-6-1-2-17-9(6)7(4-8)5-16-10(12)13-14-15-16/h3-4H,1-2,5H2,(H2,12,13,15). The quantitative estimate of drug-likeness (QED) is 0.894. The Morgan fingerprint density at radius 2 is 2.35 bits per heavy atom. The fraction of sp³-hybridized carbons (Fsp3) is 0.300. The van der Waals surface area contributed by atoms with E-state index in [1.807, 2.05) is 6.07 Å². The number of rotatable bonds is 2. The summed E-state index contributed by atoms with van der Waals surface area (Å²) in [6.45, 7) is 1.24. The van der Waals surface area contributed by atoms with Gasteiger partial charge in [0.15, 0.2) is 0 Å². The van der Waals surface area contributed by atoms with E-state index in [1.54, 1.807) is 4.68 Å². The van der Waals surface area contributed by atoms with Gasteiger partial charge in [0.25, 0.3) is 0 Å². The van der Waals surface area contributed by atoms with Gasteiger partial charge in [0.05, 0.1) is 13.2 Å². The van der Waals surface area contributed by atoms with Crippen LogP contribution in [0.3, 0.4) is 0 Å². The zero-order chi connectivity index (χ0) is 11.8. The molecule has 0 saturated carbocycles. The Morgan fingerprint density at radius 3 is 3.12 bits per heavy atom. The fourth-order valence-corrected chi connectivity index (χ4v) is 2.50. The molecule has 0 bridgehead atoms. The van der Waals surface area contributed by atoms with Crippen molar-refractivity contribution in [2.24, 2.45) is 0 Å². The number of anilines is 1. The maximum Gasteiger partial charge on any atom is 0.240 e. The van der Waals surface area contributed by atoms with Gasteiger partial charge in [-0.25, -0.2) is 4.68 Å². The molecule has 0 spiro atoms. The Balaban J connectivity index is 2.01. The van der Waals surface area contributed by atoms with Crippen LogP contribution in [0.1, 0.15) is 11.1 Å². The van der Waals surface area contributed by atoms with Crippen molar-refractivity contribution in [3.8, 4) is 5.75 Å². The van der Waals surface area contributed by atoms with Gasteiger partial charge in [-0.3, -0.25) is 0 Å². The summed E-state index contributed by atoms with van der Waals surface area (Å²) >= 11 is 3.49. The van der Waals surface area contributed by atoms with Gasteiger partial charge in [-0.05, 0) is 28.1 Å². The topological polar surface area (TPSA) is 78.9 Å². The van der Waals surface area contributed by atoms with E-state index >= 15 is 0 Å². The molecule has 0 fully saturated rings. The van der Waals surface area contributed by atoms with Gasteiger partial charge < -0.3 is 10.5 Å². The first-order valence-electron chi connectivity index (χ1n) is 5.20. The maximum atomic E-state index is 5.65. The molecule has 1 aromatic carbocycles. The number of aromatic nitrogens is 4. The van der Waals surface area contributed by atoms with Crippen molar-refractivity contribution in [3.05, 3.63) is 27.7 Å². The van der Waals surface area contributed by atoms with Crippen LogP contribution in [-0.4, -0.2) is 26.8 Å². The second-order valence-electron chi connectivity index (χ2n) is 3.85. The highest BCUT2D eigenvalue weighted by atomic mass is 79.9. The molecule has 2 heterocycles. The number of ether oxygens (including phenoxy) is 1. The molecule has 0 amide bonds. The minimum absolute atomic E-state index is 0.303. The predicted octanol–water partition coefficient (Wildman–Crippen LogP) is 1.00. The number of benzene rings is 1. The smallest absolute Gasteiger partial charge is 0.240 e. The molecule has 3 rings (SSSR count). The van der Waals surface area contributed by atoms with Crippen molar-refractivity contribution in [3.63, 3.8) is 0 Å². The van der Waals surface area contributed by atoms with Crippen LogP contribution in [0.5, 0.6) is 5.75 Å². The van der Waals surface area contributed by atoms with Gasteiger partial charge in [-0.15, -0.1) is 0 Å². The number of nitrogens with zero attached hydrogens (tertiary/aromatic N) is 4. The van der Waals surface area contributed by atoms with Gasteiger partial charge in [0, 0.05) is 16.5 Å². The highest BCUT2D eigenvalue weighted by Crippen LogP contribution is 2.33. The third-order valence-electron chi connectivity index (χ3n) is 2.71. The number of hydrogen-bond acceptors (Lipinski definition) is 5. The van der Waals surface area contributed by atoms with Gasteiger partial charge >= 0.3 is 0 Å². The average Bonchev–Trinajstić information content (AvgIpc) is 2.88. The first kappa shape index (κ1) is 10.5. The molecule has 0 radical (unpaired) electrons. The number of nitrogen functional groups attached to an aromatic ring is 1. The Morgan fingerprint density at radius 1 is 1.47 bits per heavy atom. The molecule has 17 heavy (non-hydrogen) atoms. The van der Waals surface area contributed by atoms with E-state index in [-0.39, 0.29) is 0 Å². The number of fused-ring (bicyclic) bond motifs is 1. The van der Waals surface area contributed by atoms with Crippen molar-refractivity contribution in [2.75, 3.05) is 12.3 Å². The highest BCUT2D eigenvalue weighted by molar-refractivity contribution is 9.10. The number of tetrazole rings is 1. The second-order valence-corrected chi connectivity index (χ2v) is 4.76. The first-order valence-corrected chi connectivity index (χ1v) is 5.99. The number of halogens is 1. The van der Waals surface area contributed by atoms with Crippen LogP contribution in [0.2, 0.25) is 0 Å². The minimum atomic E-state index is 0.303. The summed E-state index contributed by atoms with van der Waals surface area (Å²) in [5.74, 6) is 1.24. The SMILES string of the molecule is Nc1nnnn1Cc1cc(Br)cc2c1OCC2. The second kappa shape index (κ2) is 3.99. The van der Waals surface area contributed by atoms with E-state index in [0.717, 1.165) is 28.8 Å². The van der Waals surface area contributed by atoms with Crippen LogP contribution >= 0.6 is 15.9 Å². The van der Waals surface area contributed by atoms with E-state index in [2.05, 4.69) is 37.5 Å². The molecule has 0 unspecified atom stereocenters. The summed E-state index contributed by atoms with van der Waals surface area (Å²) in [5.41, 5.74) is 7.89. The molecule has 0 saturated heterocycles. The fourth-order valence-electron chi connectivity index (χ4n) is 1.95. The Labute approximate surface area is 106 Å². The summed E-state index contributed by atoms with van der Waals surface area (Å²) in [5, 5.41) is 11.0.